The Balaban J connectivity index is 1.58. The summed E-state index contributed by atoms with van der Waals surface area (Å²) in [6.45, 7) is 3.01. The Bertz CT molecular complexity index is 834. The molecule has 1 fully saturated rings. The van der Waals surface area contributed by atoms with Crippen LogP contribution in [0, 0.1) is 6.92 Å². The molecular formula is C21H22N2O3. The second-order valence-electron chi connectivity index (χ2n) is 6.89. The van der Waals surface area contributed by atoms with Gasteiger partial charge >= 0.3 is 0 Å². The lowest BCUT2D eigenvalue weighted by Crippen LogP contribution is -2.55. The minimum absolute atomic E-state index is 0.111. The van der Waals surface area contributed by atoms with Crippen LogP contribution in [0.15, 0.2) is 48.5 Å². The number of hydrogen-bond acceptors (Lipinski definition) is 3. The fourth-order valence-electron chi connectivity index (χ4n) is 3.75. The number of ether oxygens (including phenoxy) is 1. The monoisotopic (exact) mass is 350 g/mol. The molecule has 0 radical (unpaired) electrons. The number of hydrogen-bond donors (Lipinski definition) is 1. The lowest BCUT2D eigenvalue weighted by Gasteiger charge is -2.38. The van der Waals surface area contributed by atoms with Crippen LogP contribution in [0.5, 0.6) is 5.75 Å². The number of carbonyl (C=O) groups excluding carboxylic acids is 2. The van der Waals surface area contributed by atoms with Gasteiger partial charge in [0, 0.05) is 13.1 Å². The smallest absolute Gasteiger partial charge is 0.264 e. The first kappa shape index (κ1) is 16.6. The summed E-state index contributed by atoms with van der Waals surface area (Å²) in [5, 5.41) is 2.87. The van der Waals surface area contributed by atoms with E-state index in [1.165, 1.54) is 5.56 Å². The third-order valence-electron chi connectivity index (χ3n) is 5.05. The van der Waals surface area contributed by atoms with Crippen molar-refractivity contribution < 1.29 is 14.3 Å². The van der Waals surface area contributed by atoms with Gasteiger partial charge in [0.2, 0.25) is 5.91 Å². The Kier molecular flexibility index (Phi) is 4.37. The first-order valence-electron chi connectivity index (χ1n) is 9.03. The predicted octanol–water partition coefficient (Wildman–Crippen LogP) is 2.39. The normalized spacial score (nSPS) is 22.2. The number of piperazine rings is 1. The second kappa shape index (κ2) is 6.83. The van der Waals surface area contributed by atoms with E-state index in [0.29, 0.717) is 19.5 Å². The van der Waals surface area contributed by atoms with Crippen molar-refractivity contribution in [2.75, 3.05) is 13.1 Å². The minimum atomic E-state index is -0.597. The van der Waals surface area contributed by atoms with Gasteiger partial charge in [-0.15, -0.1) is 0 Å². The van der Waals surface area contributed by atoms with Crippen molar-refractivity contribution in [3.05, 3.63) is 65.2 Å². The summed E-state index contributed by atoms with van der Waals surface area (Å²) in [7, 11) is 0. The Morgan fingerprint density at radius 3 is 2.81 bits per heavy atom. The van der Waals surface area contributed by atoms with Crippen LogP contribution in [-0.2, 0) is 16.0 Å². The molecule has 4 rings (SSSR count). The molecule has 2 atom stereocenters. The third-order valence-corrected chi connectivity index (χ3v) is 5.05. The first-order chi connectivity index (χ1) is 12.6. The third kappa shape index (κ3) is 3.05. The van der Waals surface area contributed by atoms with Crippen molar-refractivity contribution in [1.29, 1.82) is 0 Å². The van der Waals surface area contributed by atoms with E-state index in [-0.39, 0.29) is 11.8 Å². The molecule has 2 unspecified atom stereocenters. The zero-order valence-corrected chi connectivity index (χ0v) is 14.8. The fraction of sp³-hybridized carbons (Fsp3) is 0.333. The number of nitrogens with zero attached hydrogens (tertiary/aromatic N) is 1. The molecule has 0 spiro atoms. The molecule has 0 aliphatic carbocycles. The number of fused-ring (bicyclic) bond motifs is 1. The molecule has 1 saturated heterocycles. The highest BCUT2D eigenvalue weighted by Crippen LogP contribution is 2.31. The van der Waals surface area contributed by atoms with Gasteiger partial charge in [-0.3, -0.25) is 9.59 Å². The van der Waals surface area contributed by atoms with E-state index >= 15 is 0 Å². The van der Waals surface area contributed by atoms with Gasteiger partial charge in [-0.1, -0.05) is 48.0 Å². The van der Waals surface area contributed by atoms with E-state index in [1.807, 2.05) is 49.4 Å². The van der Waals surface area contributed by atoms with Crippen molar-refractivity contribution in [2.45, 2.75) is 31.9 Å². The second-order valence-corrected chi connectivity index (χ2v) is 6.89. The average Bonchev–Trinajstić information content (AvgIpc) is 2.67. The van der Waals surface area contributed by atoms with Crippen molar-refractivity contribution >= 4 is 11.8 Å². The molecule has 0 aromatic heterocycles. The zero-order chi connectivity index (χ0) is 18.1. The number of aryl methyl sites for hydroxylation is 2. The molecule has 0 saturated carbocycles. The molecule has 1 N–H and O–H groups in total. The Labute approximate surface area is 153 Å². The summed E-state index contributed by atoms with van der Waals surface area (Å²) in [4.78, 5) is 27.3. The van der Waals surface area contributed by atoms with Gasteiger partial charge in [0.1, 0.15) is 11.8 Å². The van der Waals surface area contributed by atoms with Crippen LogP contribution >= 0.6 is 0 Å². The minimum Gasteiger partial charge on any atom is -0.480 e. The molecule has 2 heterocycles. The van der Waals surface area contributed by atoms with Crippen LogP contribution in [0.25, 0.3) is 0 Å². The summed E-state index contributed by atoms with van der Waals surface area (Å²) in [6, 6.07) is 14.9. The van der Waals surface area contributed by atoms with Crippen molar-refractivity contribution in [2.24, 2.45) is 0 Å². The van der Waals surface area contributed by atoms with Crippen molar-refractivity contribution in [3.63, 3.8) is 0 Å². The summed E-state index contributed by atoms with van der Waals surface area (Å²) >= 11 is 0. The highest BCUT2D eigenvalue weighted by molar-refractivity contribution is 5.91. The van der Waals surface area contributed by atoms with E-state index in [2.05, 4.69) is 11.4 Å². The Morgan fingerprint density at radius 1 is 1.19 bits per heavy atom. The maximum Gasteiger partial charge on any atom is 0.264 e. The fourth-order valence-corrected chi connectivity index (χ4v) is 3.75. The Morgan fingerprint density at radius 2 is 2.00 bits per heavy atom. The van der Waals surface area contributed by atoms with Gasteiger partial charge in [-0.05, 0) is 37.0 Å². The van der Waals surface area contributed by atoms with Gasteiger partial charge in [0.05, 0.1) is 0 Å². The number of benzene rings is 2. The number of rotatable bonds is 2. The lowest BCUT2D eigenvalue weighted by molar-refractivity contribution is -0.149. The molecule has 2 aromatic rings. The molecule has 5 heteroatoms. The van der Waals surface area contributed by atoms with Crippen LogP contribution < -0.4 is 10.1 Å². The molecule has 2 aromatic carbocycles. The Hall–Kier alpha value is -2.82. The van der Waals surface area contributed by atoms with Gasteiger partial charge in [0.15, 0.2) is 6.10 Å². The predicted molar refractivity (Wildman–Crippen MR) is 97.8 cm³/mol. The summed E-state index contributed by atoms with van der Waals surface area (Å²) in [5.41, 5.74) is 3.16. The zero-order valence-electron chi connectivity index (χ0n) is 14.8. The van der Waals surface area contributed by atoms with E-state index in [4.69, 9.17) is 4.74 Å². The van der Waals surface area contributed by atoms with Crippen LogP contribution in [0.2, 0.25) is 0 Å². The standard InChI is InChI=1S/C21H22N2O3/c1-14-7-9-17-16(13-14)8-10-18(26-17)21(25)23-12-11-22-20(24)19(23)15-5-3-2-4-6-15/h2-7,9,13,18-19H,8,10-12H2,1H3,(H,22,24). The van der Waals surface area contributed by atoms with Crippen LogP contribution in [0.1, 0.15) is 29.2 Å². The summed E-state index contributed by atoms with van der Waals surface area (Å²) in [6.07, 6.45) is 0.903. The van der Waals surface area contributed by atoms with Gasteiger partial charge in [0.25, 0.3) is 5.91 Å². The van der Waals surface area contributed by atoms with E-state index in [0.717, 1.165) is 23.3 Å². The molecule has 134 valence electrons. The highest BCUT2D eigenvalue weighted by Gasteiger charge is 2.39. The largest absolute Gasteiger partial charge is 0.480 e. The molecule has 5 nitrogen and oxygen atoms in total. The summed E-state index contributed by atoms with van der Waals surface area (Å²) < 4.78 is 6.00. The van der Waals surface area contributed by atoms with Gasteiger partial charge < -0.3 is 15.0 Å². The number of nitrogens with one attached hydrogen (secondary N) is 1. The molecule has 2 aliphatic rings. The van der Waals surface area contributed by atoms with Crippen LogP contribution in [0.3, 0.4) is 0 Å². The van der Waals surface area contributed by atoms with Crippen molar-refractivity contribution in [3.8, 4) is 5.75 Å². The molecule has 2 amide bonds. The van der Waals surface area contributed by atoms with Crippen molar-refractivity contribution in [1.82, 2.24) is 10.2 Å². The van der Waals surface area contributed by atoms with Gasteiger partial charge in [-0.2, -0.15) is 0 Å². The number of amides is 2. The molecule has 0 bridgehead atoms. The van der Waals surface area contributed by atoms with E-state index in [9.17, 15) is 9.59 Å². The summed E-state index contributed by atoms with van der Waals surface area (Å²) in [5.74, 6) is 0.528. The van der Waals surface area contributed by atoms with E-state index in [1.54, 1.807) is 4.90 Å². The van der Waals surface area contributed by atoms with Crippen LogP contribution in [-0.4, -0.2) is 35.9 Å². The van der Waals surface area contributed by atoms with Gasteiger partial charge in [-0.25, -0.2) is 0 Å². The molecular weight excluding hydrogens is 328 g/mol. The topological polar surface area (TPSA) is 58.6 Å². The number of carbonyl (C=O) groups is 2. The van der Waals surface area contributed by atoms with E-state index < -0.39 is 12.1 Å². The maximum absolute atomic E-state index is 13.2. The molecule has 2 aliphatic heterocycles. The first-order valence-corrected chi connectivity index (χ1v) is 9.03. The quantitative estimate of drug-likeness (QED) is 0.905. The average molecular weight is 350 g/mol. The maximum atomic E-state index is 13.2. The molecule has 26 heavy (non-hydrogen) atoms. The lowest BCUT2D eigenvalue weighted by atomic mass is 9.97. The van der Waals surface area contributed by atoms with Crippen LogP contribution in [0.4, 0.5) is 0 Å². The SMILES string of the molecule is Cc1ccc2c(c1)CCC(C(=O)N1CCNC(=O)C1c1ccccc1)O2. The highest BCUT2D eigenvalue weighted by atomic mass is 16.5.